The minimum atomic E-state index is -0.0209. The Kier molecular flexibility index (Phi) is 2.21. The zero-order valence-electron chi connectivity index (χ0n) is 9.57. The molecule has 1 heterocycles. The molecule has 0 saturated heterocycles. The van der Waals surface area contributed by atoms with E-state index in [0.29, 0.717) is 6.04 Å². The van der Waals surface area contributed by atoms with Crippen LogP contribution in [0, 0.1) is 6.92 Å². The van der Waals surface area contributed by atoms with Gasteiger partial charge < -0.3 is 4.57 Å². The second-order valence-electron chi connectivity index (χ2n) is 4.63. The van der Waals surface area contributed by atoms with Gasteiger partial charge in [0.05, 0.1) is 16.4 Å². The molecule has 1 aliphatic carbocycles. The number of para-hydroxylation sites is 1. The molecule has 3 heteroatoms. The van der Waals surface area contributed by atoms with E-state index in [4.69, 9.17) is 11.6 Å². The van der Waals surface area contributed by atoms with Crippen molar-refractivity contribution in [2.24, 2.45) is 0 Å². The molecule has 0 spiro atoms. The van der Waals surface area contributed by atoms with Crippen LogP contribution in [0.4, 0.5) is 0 Å². The molecule has 2 aromatic rings. The van der Waals surface area contributed by atoms with Crippen molar-refractivity contribution in [2.45, 2.75) is 38.1 Å². The molecule has 1 fully saturated rings. The summed E-state index contributed by atoms with van der Waals surface area (Å²) in [6, 6.07) is 6.91. The number of halogens is 1. The average molecular weight is 235 g/mol. The lowest BCUT2D eigenvalue weighted by molar-refractivity contribution is 0.699. The molecule has 16 heavy (non-hydrogen) atoms. The van der Waals surface area contributed by atoms with E-state index in [9.17, 15) is 0 Å². The highest BCUT2D eigenvalue weighted by atomic mass is 35.5. The van der Waals surface area contributed by atoms with Crippen molar-refractivity contribution in [3.63, 3.8) is 0 Å². The molecular formula is C13H15ClN2. The van der Waals surface area contributed by atoms with E-state index in [0.717, 1.165) is 11.3 Å². The monoisotopic (exact) mass is 234 g/mol. The molecule has 1 aromatic heterocycles. The Labute approximate surface area is 100 Å². The summed E-state index contributed by atoms with van der Waals surface area (Å²) in [6.45, 7) is 4.14. The number of hydrogen-bond acceptors (Lipinski definition) is 1. The SMILES string of the molecule is Cc1cccc2nc(C(C)Cl)n(C3CC3)c12. The van der Waals surface area contributed by atoms with Gasteiger partial charge in [-0.1, -0.05) is 12.1 Å². The molecule has 1 aromatic carbocycles. The number of alkyl halides is 1. The molecular weight excluding hydrogens is 220 g/mol. The first-order valence-electron chi connectivity index (χ1n) is 5.80. The van der Waals surface area contributed by atoms with Crippen LogP contribution in [0.15, 0.2) is 18.2 Å². The molecule has 0 N–H and O–H groups in total. The van der Waals surface area contributed by atoms with Gasteiger partial charge in [0.25, 0.3) is 0 Å². The molecule has 0 aliphatic heterocycles. The largest absolute Gasteiger partial charge is 0.323 e. The third kappa shape index (κ3) is 1.44. The summed E-state index contributed by atoms with van der Waals surface area (Å²) < 4.78 is 2.35. The molecule has 3 rings (SSSR count). The van der Waals surface area contributed by atoms with Gasteiger partial charge in [-0.3, -0.25) is 0 Å². The van der Waals surface area contributed by atoms with Crippen LogP contribution in [-0.2, 0) is 0 Å². The van der Waals surface area contributed by atoms with E-state index in [-0.39, 0.29) is 5.38 Å². The number of rotatable bonds is 2. The summed E-state index contributed by atoms with van der Waals surface area (Å²) in [7, 11) is 0. The lowest BCUT2D eigenvalue weighted by Gasteiger charge is -2.09. The van der Waals surface area contributed by atoms with Gasteiger partial charge in [-0.25, -0.2) is 4.98 Å². The lowest BCUT2D eigenvalue weighted by Crippen LogP contribution is -2.02. The van der Waals surface area contributed by atoms with Crippen molar-refractivity contribution in [1.82, 2.24) is 9.55 Å². The summed E-state index contributed by atoms with van der Waals surface area (Å²) >= 11 is 6.22. The van der Waals surface area contributed by atoms with Crippen molar-refractivity contribution in [1.29, 1.82) is 0 Å². The predicted molar refractivity (Wildman–Crippen MR) is 67.0 cm³/mol. The Bertz CT molecular complexity index is 538. The third-order valence-electron chi connectivity index (χ3n) is 3.21. The van der Waals surface area contributed by atoms with Gasteiger partial charge >= 0.3 is 0 Å². The van der Waals surface area contributed by atoms with Gasteiger partial charge in [0.15, 0.2) is 0 Å². The second-order valence-corrected chi connectivity index (χ2v) is 5.28. The van der Waals surface area contributed by atoms with Gasteiger partial charge in [-0.15, -0.1) is 11.6 Å². The molecule has 1 saturated carbocycles. The van der Waals surface area contributed by atoms with Gasteiger partial charge in [0.1, 0.15) is 5.82 Å². The van der Waals surface area contributed by atoms with E-state index < -0.39 is 0 Å². The molecule has 1 unspecified atom stereocenters. The standard InChI is InChI=1S/C13H15ClN2/c1-8-4-3-5-11-12(8)16(10-6-7-10)13(15-11)9(2)14/h3-5,9-10H,6-7H2,1-2H3. The third-order valence-corrected chi connectivity index (χ3v) is 3.40. The van der Waals surface area contributed by atoms with Crippen molar-refractivity contribution in [3.8, 4) is 0 Å². The van der Waals surface area contributed by atoms with E-state index in [1.165, 1.54) is 23.9 Å². The molecule has 0 amide bonds. The molecule has 1 atom stereocenters. The molecule has 0 radical (unpaired) electrons. The fourth-order valence-corrected chi connectivity index (χ4v) is 2.48. The van der Waals surface area contributed by atoms with Crippen LogP contribution >= 0.6 is 11.6 Å². The minimum absolute atomic E-state index is 0.0209. The van der Waals surface area contributed by atoms with Gasteiger partial charge in [-0.05, 0) is 38.3 Å². The van der Waals surface area contributed by atoms with Gasteiger partial charge in [0.2, 0.25) is 0 Å². The van der Waals surface area contributed by atoms with E-state index in [2.05, 4.69) is 34.7 Å². The summed E-state index contributed by atoms with van der Waals surface area (Å²) in [4.78, 5) is 4.67. The Morgan fingerprint density at radius 1 is 1.44 bits per heavy atom. The number of nitrogens with zero attached hydrogens (tertiary/aromatic N) is 2. The first-order chi connectivity index (χ1) is 7.68. The number of imidazole rings is 1. The fourth-order valence-electron chi connectivity index (χ4n) is 2.32. The maximum absolute atomic E-state index is 6.22. The smallest absolute Gasteiger partial charge is 0.127 e. The summed E-state index contributed by atoms with van der Waals surface area (Å²) in [5, 5.41) is -0.0209. The van der Waals surface area contributed by atoms with Crippen molar-refractivity contribution >= 4 is 22.6 Å². The molecule has 84 valence electrons. The highest BCUT2D eigenvalue weighted by Gasteiger charge is 2.29. The quantitative estimate of drug-likeness (QED) is 0.719. The van der Waals surface area contributed by atoms with Gasteiger partial charge in [-0.2, -0.15) is 0 Å². The number of benzene rings is 1. The maximum Gasteiger partial charge on any atom is 0.127 e. The van der Waals surface area contributed by atoms with E-state index >= 15 is 0 Å². The van der Waals surface area contributed by atoms with E-state index in [1.54, 1.807) is 0 Å². The average Bonchev–Trinajstić information content (AvgIpc) is 2.99. The minimum Gasteiger partial charge on any atom is -0.323 e. The Hall–Kier alpha value is -1.02. The van der Waals surface area contributed by atoms with Crippen LogP contribution < -0.4 is 0 Å². The fraction of sp³-hybridized carbons (Fsp3) is 0.462. The van der Waals surface area contributed by atoms with Crippen molar-refractivity contribution < 1.29 is 0 Å². The van der Waals surface area contributed by atoms with Crippen LogP contribution in [0.1, 0.15) is 42.6 Å². The highest BCUT2D eigenvalue weighted by Crippen LogP contribution is 2.41. The lowest BCUT2D eigenvalue weighted by atomic mass is 10.2. The normalized spacial score (nSPS) is 17.9. The topological polar surface area (TPSA) is 17.8 Å². The van der Waals surface area contributed by atoms with Crippen LogP contribution in [0.25, 0.3) is 11.0 Å². The number of aryl methyl sites for hydroxylation is 1. The zero-order valence-corrected chi connectivity index (χ0v) is 10.3. The van der Waals surface area contributed by atoms with Crippen LogP contribution in [0.2, 0.25) is 0 Å². The molecule has 1 aliphatic rings. The molecule has 2 nitrogen and oxygen atoms in total. The maximum atomic E-state index is 6.22. The number of fused-ring (bicyclic) bond motifs is 1. The summed E-state index contributed by atoms with van der Waals surface area (Å²) in [5.41, 5.74) is 3.64. The Morgan fingerprint density at radius 3 is 2.81 bits per heavy atom. The number of hydrogen-bond donors (Lipinski definition) is 0. The summed E-state index contributed by atoms with van der Waals surface area (Å²) in [5.74, 6) is 1.02. The highest BCUT2D eigenvalue weighted by molar-refractivity contribution is 6.20. The number of aromatic nitrogens is 2. The Morgan fingerprint density at radius 2 is 2.19 bits per heavy atom. The van der Waals surface area contributed by atoms with E-state index in [1.807, 2.05) is 6.92 Å². The van der Waals surface area contributed by atoms with Crippen LogP contribution in [0.5, 0.6) is 0 Å². The van der Waals surface area contributed by atoms with Crippen LogP contribution in [0.3, 0.4) is 0 Å². The van der Waals surface area contributed by atoms with Crippen LogP contribution in [-0.4, -0.2) is 9.55 Å². The molecule has 0 bridgehead atoms. The first kappa shape index (κ1) is 10.2. The Balaban J connectivity index is 2.34. The summed E-state index contributed by atoms with van der Waals surface area (Å²) in [6.07, 6.45) is 2.52. The second kappa shape index (κ2) is 3.49. The predicted octanol–water partition coefficient (Wildman–Crippen LogP) is 3.98. The van der Waals surface area contributed by atoms with Crippen molar-refractivity contribution in [3.05, 3.63) is 29.6 Å². The van der Waals surface area contributed by atoms with Crippen molar-refractivity contribution in [2.75, 3.05) is 0 Å². The zero-order chi connectivity index (χ0) is 11.3. The first-order valence-corrected chi connectivity index (χ1v) is 6.23. The van der Waals surface area contributed by atoms with Gasteiger partial charge in [0, 0.05) is 6.04 Å².